The van der Waals surface area contributed by atoms with Gasteiger partial charge in [0.05, 0.1) is 39.1 Å². The first-order chi connectivity index (χ1) is 17.0. The molecule has 1 N–H and O–H groups in total. The second-order valence-electron chi connectivity index (χ2n) is 8.02. The predicted octanol–water partition coefficient (Wildman–Crippen LogP) is 5.11. The van der Waals surface area contributed by atoms with Gasteiger partial charge in [-0.15, -0.1) is 0 Å². The van der Waals surface area contributed by atoms with Crippen LogP contribution in [0.1, 0.15) is 11.1 Å². The monoisotopic (exact) mass is 472 g/mol. The van der Waals surface area contributed by atoms with Crippen LogP contribution in [0.15, 0.2) is 72.8 Å². The van der Waals surface area contributed by atoms with E-state index in [9.17, 15) is 9.90 Å². The summed E-state index contributed by atoms with van der Waals surface area (Å²) in [5.41, 5.74) is 4.99. The van der Waals surface area contributed by atoms with Crippen LogP contribution < -0.4 is 14.2 Å². The Morgan fingerprint density at radius 1 is 0.829 bits per heavy atom. The van der Waals surface area contributed by atoms with E-state index in [1.807, 2.05) is 53.2 Å². The number of ether oxygens (including phenoxy) is 3. The number of aliphatic carboxylic acids is 1. The molecule has 180 valence electrons. The van der Waals surface area contributed by atoms with Gasteiger partial charge >= 0.3 is 5.97 Å². The van der Waals surface area contributed by atoms with E-state index in [2.05, 4.69) is 12.1 Å². The molecule has 35 heavy (non-hydrogen) atoms. The molecule has 0 atom stereocenters. The third kappa shape index (κ3) is 5.30. The Morgan fingerprint density at radius 3 is 2.29 bits per heavy atom. The zero-order chi connectivity index (χ0) is 24.8. The van der Waals surface area contributed by atoms with E-state index < -0.39 is 5.97 Å². The van der Waals surface area contributed by atoms with E-state index in [-0.39, 0.29) is 6.42 Å². The Hall–Kier alpha value is -4.26. The summed E-state index contributed by atoms with van der Waals surface area (Å²) in [6.45, 7) is 0.636. The van der Waals surface area contributed by atoms with Crippen molar-refractivity contribution in [1.82, 2.24) is 9.78 Å². The Balaban J connectivity index is 1.84. The molecular weight excluding hydrogens is 444 g/mol. The molecule has 0 fully saturated rings. The van der Waals surface area contributed by atoms with E-state index in [0.717, 1.165) is 23.2 Å². The van der Waals surface area contributed by atoms with E-state index in [4.69, 9.17) is 19.3 Å². The number of carboxylic acid groups (broad SMARTS) is 1. The van der Waals surface area contributed by atoms with Crippen LogP contribution >= 0.6 is 0 Å². The standard InChI is InChI=1S/C28H28N2O5/c1-33-25-13-12-20(17-27(31)32)16-22(25)23-18-24(21-10-7-11-26(34-2)28(21)35-3)30(29-23)15-14-19-8-5-4-6-9-19/h4-13,16,18H,14-15,17H2,1-3H3,(H,31,32). The first kappa shape index (κ1) is 23.9. The third-order valence-electron chi connectivity index (χ3n) is 5.81. The lowest BCUT2D eigenvalue weighted by Gasteiger charge is -2.14. The van der Waals surface area contributed by atoms with Crippen LogP contribution in [-0.2, 0) is 24.2 Å². The number of nitrogens with zero attached hydrogens (tertiary/aromatic N) is 2. The molecule has 3 aromatic carbocycles. The molecule has 4 aromatic rings. The predicted molar refractivity (Wildman–Crippen MR) is 134 cm³/mol. The van der Waals surface area contributed by atoms with Crippen LogP contribution in [0.25, 0.3) is 22.5 Å². The number of hydrogen-bond donors (Lipinski definition) is 1. The summed E-state index contributed by atoms with van der Waals surface area (Å²) in [6, 6.07) is 23.3. The second kappa shape index (κ2) is 10.8. The average molecular weight is 473 g/mol. The van der Waals surface area contributed by atoms with Crippen molar-refractivity contribution in [1.29, 1.82) is 0 Å². The fourth-order valence-corrected chi connectivity index (χ4v) is 4.14. The van der Waals surface area contributed by atoms with Gasteiger partial charge in [-0.05, 0) is 47.9 Å². The largest absolute Gasteiger partial charge is 0.496 e. The Kier molecular flexibility index (Phi) is 7.35. The summed E-state index contributed by atoms with van der Waals surface area (Å²) in [5.74, 6) is 0.977. The molecule has 7 heteroatoms. The van der Waals surface area contributed by atoms with Crippen molar-refractivity contribution >= 4 is 5.97 Å². The molecule has 0 aliphatic heterocycles. The quantitative estimate of drug-likeness (QED) is 0.345. The molecule has 7 nitrogen and oxygen atoms in total. The van der Waals surface area contributed by atoms with Crippen molar-refractivity contribution in [3.63, 3.8) is 0 Å². The highest BCUT2D eigenvalue weighted by Gasteiger charge is 2.20. The van der Waals surface area contributed by atoms with Crippen LogP contribution in [0.3, 0.4) is 0 Å². The fourth-order valence-electron chi connectivity index (χ4n) is 4.14. The summed E-state index contributed by atoms with van der Waals surface area (Å²) in [6.07, 6.45) is 0.708. The van der Waals surface area contributed by atoms with Crippen LogP contribution in [-0.4, -0.2) is 42.2 Å². The maximum Gasteiger partial charge on any atom is 0.307 e. The molecule has 0 amide bonds. The van der Waals surface area contributed by atoms with Gasteiger partial charge in [-0.25, -0.2) is 0 Å². The molecule has 0 saturated heterocycles. The Morgan fingerprint density at radius 2 is 1.60 bits per heavy atom. The second-order valence-corrected chi connectivity index (χ2v) is 8.02. The Labute approximate surface area is 204 Å². The van der Waals surface area contributed by atoms with Gasteiger partial charge in [0.1, 0.15) is 5.75 Å². The van der Waals surface area contributed by atoms with E-state index in [0.29, 0.717) is 35.1 Å². The van der Waals surface area contributed by atoms with Gasteiger partial charge in [0.2, 0.25) is 0 Å². The van der Waals surface area contributed by atoms with Crippen LogP contribution in [0, 0.1) is 0 Å². The summed E-state index contributed by atoms with van der Waals surface area (Å²) >= 11 is 0. The highest BCUT2D eigenvalue weighted by molar-refractivity contribution is 5.78. The first-order valence-corrected chi connectivity index (χ1v) is 11.3. The van der Waals surface area contributed by atoms with Gasteiger partial charge in [-0.2, -0.15) is 5.10 Å². The molecule has 0 spiro atoms. The molecule has 0 bridgehead atoms. The topological polar surface area (TPSA) is 82.8 Å². The smallest absolute Gasteiger partial charge is 0.307 e. The number of methoxy groups -OCH3 is 3. The van der Waals surface area contributed by atoms with Crippen molar-refractivity contribution in [3.8, 4) is 39.8 Å². The summed E-state index contributed by atoms with van der Waals surface area (Å²) in [7, 11) is 4.82. The number of hydrogen-bond acceptors (Lipinski definition) is 5. The normalized spacial score (nSPS) is 10.7. The van der Waals surface area contributed by atoms with Crippen molar-refractivity contribution < 1.29 is 24.1 Å². The number of aromatic nitrogens is 2. The molecule has 1 heterocycles. The SMILES string of the molecule is COc1ccc(CC(=O)O)cc1-c1cc(-c2cccc(OC)c2OC)n(CCc2ccccc2)n1. The van der Waals surface area contributed by atoms with Gasteiger partial charge < -0.3 is 19.3 Å². The molecule has 0 radical (unpaired) electrons. The van der Waals surface area contributed by atoms with Gasteiger partial charge in [0.25, 0.3) is 0 Å². The fraction of sp³-hybridized carbons (Fsp3) is 0.214. The van der Waals surface area contributed by atoms with Crippen molar-refractivity contribution in [2.45, 2.75) is 19.4 Å². The van der Waals surface area contributed by atoms with Crippen molar-refractivity contribution in [2.24, 2.45) is 0 Å². The zero-order valence-corrected chi connectivity index (χ0v) is 20.0. The molecule has 4 rings (SSSR count). The van der Waals surface area contributed by atoms with Gasteiger partial charge in [0.15, 0.2) is 11.5 Å². The minimum absolute atomic E-state index is 0.0811. The lowest BCUT2D eigenvalue weighted by molar-refractivity contribution is -0.136. The molecular formula is C28H28N2O5. The van der Waals surface area contributed by atoms with Crippen molar-refractivity contribution in [3.05, 3.63) is 83.9 Å². The lowest BCUT2D eigenvalue weighted by atomic mass is 10.0. The zero-order valence-electron chi connectivity index (χ0n) is 20.0. The highest BCUT2D eigenvalue weighted by Crippen LogP contribution is 2.40. The molecule has 1 aromatic heterocycles. The van der Waals surface area contributed by atoms with Gasteiger partial charge in [-0.1, -0.05) is 42.5 Å². The maximum atomic E-state index is 11.3. The molecule has 0 unspecified atom stereocenters. The number of aryl methyl sites for hydroxylation is 2. The lowest BCUT2D eigenvalue weighted by Crippen LogP contribution is -2.06. The van der Waals surface area contributed by atoms with E-state index >= 15 is 0 Å². The molecule has 0 aliphatic carbocycles. The van der Waals surface area contributed by atoms with Gasteiger partial charge in [-0.3, -0.25) is 9.48 Å². The Bertz CT molecular complexity index is 1310. The summed E-state index contributed by atoms with van der Waals surface area (Å²) in [5, 5.41) is 14.2. The molecule has 0 aliphatic rings. The number of carboxylic acids is 1. The van der Waals surface area contributed by atoms with Crippen LogP contribution in [0.4, 0.5) is 0 Å². The minimum Gasteiger partial charge on any atom is -0.496 e. The average Bonchev–Trinajstić information content (AvgIpc) is 3.31. The summed E-state index contributed by atoms with van der Waals surface area (Å²) < 4.78 is 18.8. The number of rotatable bonds is 10. The highest BCUT2D eigenvalue weighted by atomic mass is 16.5. The number of para-hydroxylation sites is 1. The minimum atomic E-state index is -0.892. The van der Waals surface area contributed by atoms with Crippen LogP contribution in [0.5, 0.6) is 17.2 Å². The maximum absolute atomic E-state index is 11.3. The number of benzene rings is 3. The van der Waals surface area contributed by atoms with Gasteiger partial charge in [0, 0.05) is 17.7 Å². The van der Waals surface area contributed by atoms with E-state index in [1.54, 1.807) is 33.5 Å². The molecule has 0 saturated carbocycles. The van der Waals surface area contributed by atoms with E-state index in [1.165, 1.54) is 5.56 Å². The van der Waals surface area contributed by atoms with Crippen LogP contribution in [0.2, 0.25) is 0 Å². The van der Waals surface area contributed by atoms with Crippen molar-refractivity contribution in [2.75, 3.05) is 21.3 Å². The number of carbonyl (C=O) groups is 1. The third-order valence-corrected chi connectivity index (χ3v) is 5.81. The first-order valence-electron chi connectivity index (χ1n) is 11.3. The summed E-state index contributed by atoms with van der Waals surface area (Å²) in [4.78, 5) is 11.3.